The molecule has 1 heterocycles. The van der Waals surface area contributed by atoms with Gasteiger partial charge in [0.15, 0.2) is 11.6 Å². The van der Waals surface area contributed by atoms with Crippen LogP contribution in [0.5, 0.6) is 5.75 Å². The number of nitro benzene ring substituents is 1. The van der Waals surface area contributed by atoms with Gasteiger partial charge in [0.05, 0.1) is 24.6 Å². The van der Waals surface area contributed by atoms with Crippen LogP contribution in [-0.4, -0.2) is 19.1 Å². The van der Waals surface area contributed by atoms with Crippen molar-refractivity contribution in [3.8, 4) is 5.75 Å². The van der Waals surface area contributed by atoms with Crippen molar-refractivity contribution < 1.29 is 14.1 Å². The molecule has 2 rings (SSSR count). The van der Waals surface area contributed by atoms with Gasteiger partial charge in [-0.3, -0.25) is 10.1 Å². The number of hydrogen-bond donors (Lipinski definition) is 0. The molecule has 112 valence electrons. The van der Waals surface area contributed by atoms with Crippen molar-refractivity contribution in [2.45, 2.75) is 13.5 Å². The summed E-state index contributed by atoms with van der Waals surface area (Å²) in [6.45, 7) is 2.51. The summed E-state index contributed by atoms with van der Waals surface area (Å²) in [6.07, 6.45) is 0. The van der Waals surface area contributed by atoms with E-state index in [-0.39, 0.29) is 11.4 Å². The molecule has 0 radical (unpaired) electrons. The first kappa shape index (κ1) is 15.2. The maximum Gasteiger partial charge on any atom is 0.295 e. The second-order valence-electron chi connectivity index (χ2n) is 4.60. The van der Waals surface area contributed by atoms with E-state index in [0.29, 0.717) is 12.2 Å². The average molecular weight is 310 g/mol. The highest BCUT2D eigenvalue weighted by Gasteiger charge is 2.22. The van der Waals surface area contributed by atoms with Crippen molar-refractivity contribution in [2.24, 2.45) is 0 Å². The van der Waals surface area contributed by atoms with Crippen molar-refractivity contribution >= 4 is 22.7 Å². The number of rotatable bonds is 5. The summed E-state index contributed by atoms with van der Waals surface area (Å²) in [5, 5.41) is 11.1. The van der Waals surface area contributed by atoms with E-state index in [2.05, 4.69) is 0 Å². The predicted octanol–water partition coefficient (Wildman–Crippen LogP) is 3.75. The van der Waals surface area contributed by atoms with Crippen LogP contribution in [0.1, 0.15) is 9.75 Å². The number of aryl methyl sites for hydroxylation is 1. The Hall–Kier alpha value is -2.15. The number of benzene rings is 1. The largest absolute Gasteiger partial charge is 0.494 e. The minimum atomic E-state index is -0.742. The van der Waals surface area contributed by atoms with E-state index in [0.717, 1.165) is 10.9 Å². The number of methoxy groups -OCH3 is 1. The summed E-state index contributed by atoms with van der Waals surface area (Å²) in [7, 11) is 3.06. The van der Waals surface area contributed by atoms with Crippen LogP contribution in [-0.2, 0) is 6.54 Å². The molecule has 0 unspecified atom stereocenters. The van der Waals surface area contributed by atoms with Crippen molar-refractivity contribution in [3.63, 3.8) is 0 Å². The maximum atomic E-state index is 13.6. The average Bonchev–Trinajstić information content (AvgIpc) is 2.83. The Morgan fingerprint density at radius 2 is 2.14 bits per heavy atom. The highest BCUT2D eigenvalue weighted by atomic mass is 32.1. The molecule has 7 heteroatoms. The lowest BCUT2D eigenvalue weighted by Crippen LogP contribution is -2.17. The van der Waals surface area contributed by atoms with E-state index in [1.165, 1.54) is 18.1 Å². The third kappa shape index (κ3) is 3.30. The Bertz CT molecular complexity index is 672. The molecular weight excluding hydrogens is 295 g/mol. The standard InChI is InChI=1S/C14H15FN2O3S/c1-9-4-5-10(21-9)8-16(2)12-7-14(20-3)11(15)6-13(12)17(18)19/h4-7H,8H2,1-3H3. The van der Waals surface area contributed by atoms with Crippen molar-refractivity contribution in [1.29, 1.82) is 0 Å². The van der Waals surface area contributed by atoms with Crippen LogP contribution in [0.4, 0.5) is 15.8 Å². The Balaban J connectivity index is 2.38. The molecule has 0 saturated carbocycles. The van der Waals surface area contributed by atoms with Crippen LogP contribution in [0.3, 0.4) is 0 Å². The first-order valence-corrected chi connectivity index (χ1v) is 7.02. The summed E-state index contributed by atoms with van der Waals surface area (Å²) < 4.78 is 18.5. The summed E-state index contributed by atoms with van der Waals surface area (Å²) >= 11 is 1.62. The maximum absolute atomic E-state index is 13.6. The van der Waals surface area contributed by atoms with Crippen molar-refractivity contribution in [3.05, 3.63) is 50.0 Å². The molecule has 0 saturated heterocycles. The molecule has 0 amide bonds. The zero-order valence-corrected chi connectivity index (χ0v) is 12.7. The van der Waals surface area contributed by atoms with Crippen LogP contribution in [0, 0.1) is 22.9 Å². The lowest BCUT2D eigenvalue weighted by Gasteiger charge is -2.19. The fraction of sp³-hybridized carbons (Fsp3) is 0.286. The minimum Gasteiger partial charge on any atom is -0.494 e. The smallest absolute Gasteiger partial charge is 0.295 e. The number of anilines is 1. The monoisotopic (exact) mass is 310 g/mol. The zero-order valence-electron chi connectivity index (χ0n) is 11.9. The van der Waals surface area contributed by atoms with Crippen LogP contribution >= 0.6 is 11.3 Å². The number of hydrogen-bond acceptors (Lipinski definition) is 5. The van der Waals surface area contributed by atoms with E-state index in [1.807, 2.05) is 19.1 Å². The molecule has 1 aromatic heterocycles. The van der Waals surface area contributed by atoms with Crippen LogP contribution in [0.25, 0.3) is 0 Å². The zero-order chi connectivity index (χ0) is 15.6. The number of halogens is 1. The number of nitrogens with zero attached hydrogens (tertiary/aromatic N) is 2. The van der Waals surface area contributed by atoms with Gasteiger partial charge in [-0.15, -0.1) is 11.3 Å². The molecule has 21 heavy (non-hydrogen) atoms. The van der Waals surface area contributed by atoms with E-state index in [4.69, 9.17) is 4.74 Å². The Morgan fingerprint density at radius 3 is 2.67 bits per heavy atom. The summed E-state index contributed by atoms with van der Waals surface area (Å²) in [6, 6.07) is 6.22. The van der Waals surface area contributed by atoms with Crippen LogP contribution < -0.4 is 9.64 Å². The first-order valence-electron chi connectivity index (χ1n) is 6.20. The topological polar surface area (TPSA) is 55.6 Å². The number of nitro groups is 1. The molecular formula is C14H15FN2O3S. The van der Waals surface area contributed by atoms with Crippen LogP contribution in [0.15, 0.2) is 24.3 Å². The van der Waals surface area contributed by atoms with Crippen molar-refractivity contribution in [2.75, 3.05) is 19.1 Å². The highest BCUT2D eigenvalue weighted by Crippen LogP contribution is 2.35. The van der Waals surface area contributed by atoms with Gasteiger partial charge >= 0.3 is 0 Å². The molecule has 0 N–H and O–H groups in total. The third-order valence-electron chi connectivity index (χ3n) is 3.05. The summed E-state index contributed by atoms with van der Waals surface area (Å²) in [5.74, 6) is -0.752. The summed E-state index contributed by atoms with van der Waals surface area (Å²) in [4.78, 5) is 14.5. The molecule has 2 aromatic rings. The molecule has 1 aromatic carbocycles. The van der Waals surface area contributed by atoms with E-state index in [9.17, 15) is 14.5 Å². The second-order valence-corrected chi connectivity index (χ2v) is 5.97. The SMILES string of the molecule is COc1cc(N(C)Cc2ccc(C)s2)c([N+](=O)[O-])cc1F. The van der Waals surface area contributed by atoms with Gasteiger partial charge in [0.2, 0.25) is 0 Å². The van der Waals surface area contributed by atoms with Gasteiger partial charge in [-0.25, -0.2) is 4.39 Å². The first-order chi connectivity index (χ1) is 9.92. The van der Waals surface area contributed by atoms with Gasteiger partial charge in [-0.2, -0.15) is 0 Å². The summed E-state index contributed by atoms with van der Waals surface area (Å²) in [5.41, 5.74) is 0.0494. The predicted molar refractivity (Wildman–Crippen MR) is 80.8 cm³/mol. The minimum absolute atomic E-state index is 0.00944. The van der Waals surface area contributed by atoms with Gasteiger partial charge in [-0.1, -0.05) is 0 Å². The number of ether oxygens (including phenoxy) is 1. The molecule has 0 aliphatic heterocycles. The van der Waals surface area contributed by atoms with Crippen LogP contribution in [0.2, 0.25) is 0 Å². The Labute approximate surface area is 125 Å². The molecule has 0 aliphatic rings. The Kier molecular flexibility index (Phi) is 4.42. The lowest BCUT2D eigenvalue weighted by atomic mass is 10.2. The molecule has 0 aliphatic carbocycles. The molecule has 0 fully saturated rings. The molecule has 0 bridgehead atoms. The second kappa shape index (κ2) is 6.09. The van der Waals surface area contributed by atoms with E-state index in [1.54, 1.807) is 23.3 Å². The Morgan fingerprint density at radius 1 is 1.43 bits per heavy atom. The van der Waals surface area contributed by atoms with Gasteiger partial charge in [0.25, 0.3) is 5.69 Å². The van der Waals surface area contributed by atoms with Gasteiger partial charge in [0.1, 0.15) is 5.69 Å². The van der Waals surface area contributed by atoms with Crippen molar-refractivity contribution in [1.82, 2.24) is 0 Å². The van der Waals surface area contributed by atoms with Gasteiger partial charge < -0.3 is 9.64 Å². The molecule has 0 atom stereocenters. The number of thiophene rings is 1. The lowest BCUT2D eigenvalue weighted by molar-refractivity contribution is -0.384. The highest BCUT2D eigenvalue weighted by molar-refractivity contribution is 7.11. The third-order valence-corrected chi connectivity index (χ3v) is 4.03. The van der Waals surface area contributed by atoms with Gasteiger partial charge in [0, 0.05) is 22.9 Å². The van der Waals surface area contributed by atoms with Gasteiger partial charge in [-0.05, 0) is 19.1 Å². The van der Waals surface area contributed by atoms with E-state index < -0.39 is 10.7 Å². The normalized spacial score (nSPS) is 10.5. The fourth-order valence-electron chi connectivity index (χ4n) is 2.03. The fourth-order valence-corrected chi connectivity index (χ4v) is 2.97. The quantitative estimate of drug-likeness (QED) is 0.623. The molecule has 5 nitrogen and oxygen atoms in total. The van der Waals surface area contributed by atoms with E-state index >= 15 is 0 Å². The molecule has 0 spiro atoms.